The summed E-state index contributed by atoms with van der Waals surface area (Å²) in [7, 11) is 0. The molecule has 2 aromatic heterocycles. The van der Waals surface area contributed by atoms with Crippen molar-refractivity contribution in [2.24, 2.45) is 5.41 Å². The van der Waals surface area contributed by atoms with Crippen LogP contribution in [0.5, 0.6) is 0 Å². The van der Waals surface area contributed by atoms with Gasteiger partial charge < -0.3 is 9.64 Å². The standard InChI is InChI=1S/C17H21N5O2/c23-15-3-5-17(6-9-24-12-17)11-22(15)8-4-14-19-16(21-20-14)13-2-1-7-18-10-13/h1-2,7,10H,3-6,8-9,11-12H2,(H,19,20,21). The predicted octanol–water partition coefficient (Wildman–Crippen LogP) is 1.44. The van der Waals surface area contributed by atoms with Crippen LogP contribution >= 0.6 is 0 Å². The summed E-state index contributed by atoms with van der Waals surface area (Å²) in [6, 6.07) is 3.79. The predicted molar refractivity (Wildman–Crippen MR) is 87.0 cm³/mol. The fraction of sp³-hybridized carbons (Fsp3) is 0.529. The first-order chi connectivity index (χ1) is 11.7. The molecule has 2 saturated heterocycles. The number of carbonyl (C=O) groups excluding carboxylic acids is 1. The molecule has 2 aliphatic heterocycles. The van der Waals surface area contributed by atoms with Crippen molar-refractivity contribution < 1.29 is 9.53 Å². The second-order valence-electron chi connectivity index (χ2n) is 6.72. The lowest BCUT2D eigenvalue weighted by molar-refractivity contribution is -0.137. The summed E-state index contributed by atoms with van der Waals surface area (Å²) in [5.41, 5.74) is 1.06. The molecule has 2 fully saturated rings. The van der Waals surface area contributed by atoms with Gasteiger partial charge in [-0.25, -0.2) is 4.98 Å². The Bertz CT molecular complexity index is 709. The minimum atomic E-state index is 0.177. The van der Waals surface area contributed by atoms with Crippen molar-refractivity contribution in [3.05, 3.63) is 30.4 Å². The minimum Gasteiger partial charge on any atom is -0.381 e. The number of amides is 1. The minimum absolute atomic E-state index is 0.177. The summed E-state index contributed by atoms with van der Waals surface area (Å²) < 4.78 is 5.56. The molecule has 1 spiro atoms. The number of ether oxygens (including phenoxy) is 1. The van der Waals surface area contributed by atoms with E-state index < -0.39 is 0 Å². The third-order valence-electron chi connectivity index (χ3n) is 5.00. The van der Waals surface area contributed by atoms with Crippen molar-refractivity contribution in [1.29, 1.82) is 0 Å². The number of rotatable bonds is 4. The Hall–Kier alpha value is -2.28. The average Bonchev–Trinajstić information content (AvgIpc) is 3.27. The SMILES string of the molecule is O=C1CCC2(CCOC2)CN1CCc1nc(-c2cccnc2)n[nH]1. The van der Waals surface area contributed by atoms with Crippen LogP contribution in [0.3, 0.4) is 0 Å². The zero-order valence-corrected chi connectivity index (χ0v) is 13.6. The van der Waals surface area contributed by atoms with E-state index in [1.165, 1.54) is 0 Å². The van der Waals surface area contributed by atoms with Gasteiger partial charge in [-0.2, -0.15) is 5.10 Å². The molecular formula is C17H21N5O2. The van der Waals surface area contributed by atoms with Crippen LogP contribution in [-0.4, -0.2) is 57.3 Å². The number of nitrogens with zero attached hydrogens (tertiary/aromatic N) is 4. The Kier molecular flexibility index (Phi) is 4.02. The van der Waals surface area contributed by atoms with Crippen molar-refractivity contribution in [2.75, 3.05) is 26.3 Å². The van der Waals surface area contributed by atoms with Gasteiger partial charge in [0.15, 0.2) is 5.82 Å². The highest BCUT2D eigenvalue weighted by Gasteiger charge is 2.41. The third kappa shape index (κ3) is 3.03. The van der Waals surface area contributed by atoms with Gasteiger partial charge in [-0.15, -0.1) is 0 Å². The van der Waals surface area contributed by atoms with Crippen molar-refractivity contribution in [3.63, 3.8) is 0 Å². The van der Waals surface area contributed by atoms with Gasteiger partial charge in [0.25, 0.3) is 0 Å². The monoisotopic (exact) mass is 327 g/mol. The van der Waals surface area contributed by atoms with Crippen LogP contribution in [0.25, 0.3) is 11.4 Å². The van der Waals surface area contributed by atoms with E-state index in [1.54, 1.807) is 12.4 Å². The summed E-state index contributed by atoms with van der Waals surface area (Å²) in [4.78, 5) is 22.8. The van der Waals surface area contributed by atoms with Crippen LogP contribution in [0.4, 0.5) is 0 Å². The number of aromatic amines is 1. The Balaban J connectivity index is 1.39. The molecule has 24 heavy (non-hydrogen) atoms. The Labute approximate surface area is 140 Å². The van der Waals surface area contributed by atoms with Crippen LogP contribution in [0.15, 0.2) is 24.5 Å². The molecule has 0 radical (unpaired) electrons. The Morgan fingerprint density at radius 2 is 2.33 bits per heavy atom. The van der Waals surface area contributed by atoms with Gasteiger partial charge in [0.05, 0.1) is 6.61 Å². The number of hydrogen-bond acceptors (Lipinski definition) is 5. The summed E-state index contributed by atoms with van der Waals surface area (Å²) in [5, 5.41) is 7.21. The van der Waals surface area contributed by atoms with E-state index in [4.69, 9.17) is 4.74 Å². The number of H-pyrrole nitrogens is 1. The first-order valence-electron chi connectivity index (χ1n) is 8.41. The van der Waals surface area contributed by atoms with Crippen LogP contribution in [-0.2, 0) is 16.0 Å². The van der Waals surface area contributed by atoms with E-state index in [-0.39, 0.29) is 11.3 Å². The second kappa shape index (κ2) is 6.32. The zero-order valence-electron chi connectivity index (χ0n) is 13.6. The molecule has 1 unspecified atom stereocenters. The maximum absolute atomic E-state index is 12.2. The summed E-state index contributed by atoms with van der Waals surface area (Å²) in [5.74, 6) is 1.67. The first kappa shape index (κ1) is 15.3. The quantitative estimate of drug-likeness (QED) is 0.918. The molecule has 0 aromatic carbocycles. The molecule has 2 aromatic rings. The first-order valence-corrected chi connectivity index (χ1v) is 8.41. The van der Waals surface area contributed by atoms with Gasteiger partial charge in [-0.05, 0) is 25.0 Å². The molecule has 1 N–H and O–H groups in total. The normalized spacial score (nSPS) is 24.0. The highest BCUT2D eigenvalue weighted by atomic mass is 16.5. The zero-order chi connectivity index (χ0) is 16.4. The molecule has 7 heteroatoms. The van der Waals surface area contributed by atoms with Crippen molar-refractivity contribution in [3.8, 4) is 11.4 Å². The molecule has 2 aliphatic rings. The van der Waals surface area contributed by atoms with E-state index in [1.807, 2.05) is 17.0 Å². The van der Waals surface area contributed by atoms with Gasteiger partial charge in [-0.3, -0.25) is 14.9 Å². The van der Waals surface area contributed by atoms with Gasteiger partial charge >= 0.3 is 0 Å². The lowest BCUT2D eigenvalue weighted by Crippen LogP contribution is -2.47. The Morgan fingerprint density at radius 3 is 3.12 bits per heavy atom. The molecule has 7 nitrogen and oxygen atoms in total. The van der Waals surface area contributed by atoms with Crippen molar-refractivity contribution in [1.82, 2.24) is 25.1 Å². The molecule has 0 aliphatic carbocycles. The summed E-state index contributed by atoms with van der Waals surface area (Å²) in [6.45, 7) is 3.07. The largest absolute Gasteiger partial charge is 0.381 e. The van der Waals surface area contributed by atoms with E-state index in [2.05, 4.69) is 20.2 Å². The molecule has 126 valence electrons. The second-order valence-corrected chi connectivity index (χ2v) is 6.72. The van der Waals surface area contributed by atoms with Crippen LogP contribution in [0.1, 0.15) is 25.1 Å². The molecule has 0 bridgehead atoms. The number of carbonyl (C=O) groups is 1. The fourth-order valence-corrected chi connectivity index (χ4v) is 3.55. The van der Waals surface area contributed by atoms with Crippen LogP contribution < -0.4 is 0 Å². The number of hydrogen-bond donors (Lipinski definition) is 1. The van der Waals surface area contributed by atoms with E-state index in [0.717, 1.165) is 44.0 Å². The van der Waals surface area contributed by atoms with Gasteiger partial charge in [-0.1, -0.05) is 0 Å². The van der Waals surface area contributed by atoms with Crippen molar-refractivity contribution >= 4 is 5.91 Å². The number of piperidine rings is 1. The van der Waals surface area contributed by atoms with E-state index in [9.17, 15) is 4.79 Å². The lowest BCUT2D eigenvalue weighted by atomic mass is 9.79. The molecule has 1 atom stereocenters. The molecular weight excluding hydrogens is 306 g/mol. The number of likely N-dealkylation sites (tertiary alicyclic amines) is 1. The summed E-state index contributed by atoms with van der Waals surface area (Å²) >= 11 is 0. The average molecular weight is 327 g/mol. The number of aromatic nitrogens is 4. The Morgan fingerprint density at radius 1 is 1.38 bits per heavy atom. The molecule has 4 heterocycles. The molecule has 4 rings (SSSR count). The van der Waals surface area contributed by atoms with Gasteiger partial charge in [0, 0.05) is 55.9 Å². The van der Waals surface area contributed by atoms with Crippen molar-refractivity contribution in [2.45, 2.75) is 25.7 Å². The van der Waals surface area contributed by atoms with Crippen LogP contribution in [0.2, 0.25) is 0 Å². The number of nitrogens with one attached hydrogen (secondary N) is 1. The van der Waals surface area contributed by atoms with E-state index >= 15 is 0 Å². The highest BCUT2D eigenvalue weighted by molar-refractivity contribution is 5.77. The van der Waals surface area contributed by atoms with Gasteiger partial charge in [0.1, 0.15) is 5.82 Å². The van der Waals surface area contributed by atoms with E-state index in [0.29, 0.717) is 25.2 Å². The topological polar surface area (TPSA) is 84.0 Å². The lowest BCUT2D eigenvalue weighted by Gasteiger charge is -2.39. The highest BCUT2D eigenvalue weighted by Crippen LogP contribution is 2.38. The third-order valence-corrected chi connectivity index (χ3v) is 5.00. The maximum Gasteiger partial charge on any atom is 0.222 e. The van der Waals surface area contributed by atoms with Crippen LogP contribution in [0, 0.1) is 5.41 Å². The molecule has 0 saturated carbocycles. The summed E-state index contributed by atoms with van der Waals surface area (Å²) in [6.07, 6.45) is 6.78. The smallest absolute Gasteiger partial charge is 0.222 e. The fourth-order valence-electron chi connectivity index (χ4n) is 3.55. The number of pyridine rings is 1. The van der Waals surface area contributed by atoms with Gasteiger partial charge in [0.2, 0.25) is 5.91 Å². The maximum atomic E-state index is 12.2. The molecule has 1 amide bonds.